The van der Waals surface area contributed by atoms with Crippen LogP contribution in [0.5, 0.6) is 0 Å². The Hall–Kier alpha value is -2.76. The maximum Gasteiger partial charge on any atom is 0.354 e. The van der Waals surface area contributed by atoms with E-state index >= 15 is 0 Å². The van der Waals surface area contributed by atoms with Gasteiger partial charge < -0.3 is 10.4 Å². The Morgan fingerprint density at radius 3 is 2.60 bits per heavy atom. The van der Waals surface area contributed by atoms with Crippen molar-refractivity contribution in [3.63, 3.8) is 0 Å². The summed E-state index contributed by atoms with van der Waals surface area (Å²) >= 11 is 0. The number of benzene rings is 1. The molecule has 102 valence electrons. The standard InChI is InChI=1S/C14H11FN2O3/c15-10-5-2-1-4-9(10)8-13(18)17-12-7-3-6-11(16-12)14(19)20/h1-7H,8H2,(H,19,20)(H,16,17,18). The molecule has 0 fully saturated rings. The molecule has 0 aliphatic rings. The second kappa shape index (κ2) is 5.92. The highest BCUT2D eigenvalue weighted by Gasteiger charge is 2.10. The van der Waals surface area contributed by atoms with Gasteiger partial charge >= 0.3 is 5.97 Å². The Labute approximate surface area is 114 Å². The van der Waals surface area contributed by atoms with Gasteiger partial charge in [0.15, 0.2) is 5.69 Å². The number of carbonyl (C=O) groups excluding carboxylic acids is 1. The highest BCUT2D eigenvalue weighted by Crippen LogP contribution is 2.09. The third-order valence-corrected chi connectivity index (χ3v) is 2.54. The van der Waals surface area contributed by atoms with Crippen LogP contribution in [0.4, 0.5) is 10.2 Å². The Kier molecular flexibility index (Phi) is 4.05. The van der Waals surface area contributed by atoms with Gasteiger partial charge in [-0.1, -0.05) is 24.3 Å². The topological polar surface area (TPSA) is 79.3 Å². The second-order valence-electron chi connectivity index (χ2n) is 4.03. The van der Waals surface area contributed by atoms with Crippen LogP contribution in [0, 0.1) is 5.82 Å². The van der Waals surface area contributed by atoms with Gasteiger partial charge in [-0.05, 0) is 23.8 Å². The van der Waals surface area contributed by atoms with Gasteiger partial charge in [-0.15, -0.1) is 0 Å². The predicted octanol–water partition coefficient (Wildman–Crippen LogP) is 2.10. The first-order valence-corrected chi connectivity index (χ1v) is 5.80. The van der Waals surface area contributed by atoms with Crippen molar-refractivity contribution >= 4 is 17.7 Å². The van der Waals surface area contributed by atoms with Crippen LogP contribution in [0.2, 0.25) is 0 Å². The summed E-state index contributed by atoms with van der Waals surface area (Å²) in [6.45, 7) is 0. The van der Waals surface area contributed by atoms with E-state index in [0.717, 1.165) is 0 Å². The van der Waals surface area contributed by atoms with E-state index in [1.807, 2.05) is 0 Å². The average Bonchev–Trinajstić information content (AvgIpc) is 2.41. The van der Waals surface area contributed by atoms with Crippen LogP contribution in [0.1, 0.15) is 16.1 Å². The molecule has 0 saturated carbocycles. The summed E-state index contributed by atoms with van der Waals surface area (Å²) < 4.78 is 13.4. The monoisotopic (exact) mass is 274 g/mol. The molecule has 1 heterocycles. The van der Waals surface area contributed by atoms with Crippen molar-refractivity contribution in [2.24, 2.45) is 0 Å². The summed E-state index contributed by atoms with van der Waals surface area (Å²) in [6.07, 6.45) is -0.147. The lowest BCUT2D eigenvalue weighted by Gasteiger charge is -2.05. The minimum absolute atomic E-state index is 0.117. The summed E-state index contributed by atoms with van der Waals surface area (Å²) in [5, 5.41) is 11.2. The van der Waals surface area contributed by atoms with Crippen LogP contribution in [0.25, 0.3) is 0 Å². The van der Waals surface area contributed by atoms with E-state index < -0.39 is 17.7 Å². The summed E-state index contributed by atoms with van der Waals surface area (Å²) in [6, 6.07) is 10.2. The Morgan fingerprint density at radius 2 is 1.90 bits per heavy atom. The number of halogens is 1. The zero-order valence-electron chi connectivity index (χ0n) is 10.3. The Bertz CT molecular complexity index is 658. The number of carboxylic acid groups (broad SMARTS) is 1. The maximum absolute atomic E-state index is 13.4. The fraction of sp³-hybridized carbons (Fsp3) is 0.0714. The Morgan fingerprint density at radius 1 is 1.15 bits per heavy atom. The van der Waals surface area contributed by atoms with E-state index in [9.17, 15) is 14.0 Å². The Balaban J connectivity index is 2.07. The van der Waals surface area contributed by atoms with Gasteiger partial charge in [-0.2, -0.15) is 0 Å². The number of nitrogens with one attached hydrogen (secondary N) is 1. The number of anilines is 1. The molecule has 2 rings (SSSR count). The lowest BCUT2D eigenvalue weighted by Crippen LogP contribution is -2.16. The van der Waals surface area contributed by atoms with Crippen molar-refractivity contribution in [2.45, 2.75) is 6.42 Å². The molecule has 5 nitrogen and oxygen atoms in total. The molecule has 0 aliphatic heterocycles. The third kappa shape index (κ3) is 3.38. The maximum atomic E-state index is 13.4. The van der Waals surface area contributed by atoms with E-state index in [1.54, 1.807) is 6.07 Å². The molecule has 0 saturated heterocycles. The normalized spacial score (nSPS) is 10.1. The van der Waals surface area contributed by atoms with Crippen LogP contribution in [0.3, 0.4) is 0 Å². The molecule has 6 heteroatoms. The van der Waals surface area contributed by atoms with E-state index in [4.69, 9.17) is 5.11 Å². The SMILES string of the molecule is O=C(Cc1ccccc1F)Nc1cccc(C(=O)O)n1. The number of carbonyl (C=O) groups is 2. The largest absolute Gasteiger partial charge is 0.477 e. The van der Waals surface area contributed by atoms with Crippen LogP contribution in [0.15, 0.2) is 42.5 Å². The first kappa shape index (κ1) is 13.7. The van der Waals surface area contributed by atoms with E-state index in [1.165, 1.54) is 36.4 Å². The fourth-order valence-corrected chi connectivity index (χ4v) is 1.63. The highest BCUT2D eigenvalue weighted by molar-refractivity contribution is 5.92. The summed E-state index contributed by atoms with van der Waals surface area (Å²) in [5.41, 5.74) is 0.0908. The fourth-order valence-electron chi connectivity index (χ4n) is 1.63. The van der Waals surface area contributed by atoms with Crippen LogP contribution in [-0.2, 0) is 11.2 Å². The molecular weight excluding hydrogens is 263 g/mol. The minimum atomic E-state index is -1.18. The molecule has 0 radical (unpaired) electrons. The third-order valence-electron chi connectivity index (χ3n) is 2.54. The quantitative estimate of drug-likeness (QED) is 0.894. The molecule has 1 aromatic heterocycles. The summed E-state index contributed by atoms with van der Waals surface area (Å²) in [5.74, 6) is -2.00. The van der Waals surface area contributed by atoms with Crippen LogP contribution >= 0.6 is 0 Å². The number of rotatable bonds is 4. The van der Waals surface area contributed by atoms with Gasteiger partial charge in [0, 0.05) is 0 Å². The van der Waals surface area contributed by atoms with Crippen molar-refractivity contribution in [3.8, 4) is 0 Å². The first-order chi connectivity index (χ1) is 9.56. The van der Waals surface area contributed by atoms with Gasteiger partial charge in [0.1, 0.15) is 11.6 Å². The first-order valence-electron chi connectivity index (χ1n) is 5.80. The molecule has 20 heavy (non-hydrogen) atoms. The number of aromatic nitrogens is 1. The molecular formula is C14H11FN2O3. The number of amides is 1. The predicted molar refractivity (Wildman–Crippen MR) is 69.9 cm³/mol. The summed E-state index contributed by atoms with van der Waals surface area (Å²) in [4.78, 5) is 26.3. The molecule has 1 aromatic carbocycles. The molecule has 2 aromatic rings. The highest BCUT2D eigenvalue weighted by atomic mass is 19.1. The van der Waals surface area contributed by atoms with Gasteiger partial charge in [0.2, 0.25) is 5.91 Å². The van der Waals surface area contributed by atoms with Crippen molar-refractivity contribution in [1.29, 1.82) is 0 Å². The second-order valence-corrected chi connectivity index (χ2v) is 4.03. The number of aromatic carboxylic acids is 1. The average molecular weight is 274 g/mol. The lowest BCUT2D eigenvalue weighted by molar-refractivity contribution is -0.115. The van der Waals surface area contributed by atoms with Crippen LogP contribution < -0.4 is 5.32 Å². The van der Waals surface area contributed by atoms with Gasteiger partial charge in [0.05, 0.1) is 6.42 Å². The lowest BCUT2D eigenvalue weighted by atomic mass is 10.1. The number of carboxylic acids is 1. The molecule has 1 amide bonds. The number of pyridine rings is 1. The summed E-state index contributed by atoms with van der Waals surface area (Å²) in [7, 11) is 0. The van der Waals surface area contributed by atoms with Crippen molar-refractivity contribution in [1.82, 2.24) is 4.98 Å². The van der Waals surface area contributed by atoms with Crippen LogP contribution in [-0.4, -0.2) is 22.0 Å². The number of hydrogen-bond acceptors (Lipinski definition) is 3. The zero-order chi connectivity index (χ0) is 14.5. The molecule has 2 N–H and O–H groups in total. The van der Waals surface area contributed by atoms with Crippen molar-refractivity contribution < 1.29 is 19.1 Å². The van der Waals surface area contributed by atoms with Gasteiger partial charge in [0.25, 0.3) is 0 Å². The molecule has 0 aliphatic carbocycles. The van der Waals surface area contributed by atoms with E-state index in [-0.39, 0.29) is 23.5 Å². The van der Waals surface area contributed by atoms with Gasteiger partial charge in [-0.3, -0.25) is 4.79 Å². The molecule has 0 spiro atoms. The smallest absolute Gasteiger partial charge is 0.354 e. The zero-order valence-corrected chi connectivity index (χ0v) is 10.3. The van der Waals surface area contributed by atoms with Gasteiger partial charge in [-0.25, -0.2) is 14.2 Å². The van der Waals surface area contributed by atoms with Crippen molar-refractivity contribution in [2.75, 3.05) is 5.32 Å². The van der Waals surface area contributed by atoms with E-state index in [0.29, 0.717) is 0 Å². The molecule has 0 unspecified atom stereocenters. The minimum Gasteiger partial charge on any atom is -0.477 e. The molecule has 0 atom stereocenters. The molecule has 0 bridgehead atoms. The number of hydrogen-bond donors (Lipinski definition) is 2. The van der Waals surface area contributed by atoms with Crippen molar-refractivity contribution in [3.05, 3.63) is 59.5 Å². The number of nitrogens with zero attached hydrogens (tertiary/aromatic N) is 1. The van der Waals surface area contributed by atoms with E-state index in [2.05, 4.69) is 10.3 Å².